The Morgan fingerprint density at radius 3 is 2.57 bits per heavy atom. The molecular weight excluding hydrogens is 354 g/mol. The molecular formula is C15H22BrNO3S. The van der Waals surface area contributed by atoms with E-state index in [4.69, 9.17) is 4.74 Å². The van der Waals surface area contributed by atoms with E-state index in [1.807, 2.05) is 0 Å². The molecule has 0 bridgehead atoms. The van der Waals surface area contributed by atoms with Crippen LogP contribution in [0.1, 0.15) is 33.1 Å². The minimum Gasteiger partial charge on any atom is -0.495 e. The predicted octanol–water partition coefficient (Wildman–Crippen LogP) is 3.56. The molecule has 1 aliphatic carbocycles. The van der Waals surface area contributed by atoms with Gasteiger partial charge in [-0.2, -0.15) is 0 Å². The molecule has 1 aromatic rings. The number of halogens is 1. The Morgan fingerprint density at radius 2 is 1.95 bits per heavy atom. The Hall–Kier alpha value is -0.590. The first-order valence-electron chi connectivity index (χ1n) is 7.19. The zero-order valence-electron chi connectivity index (χ0n) is 12.6. The maximum Gasteiger partial charge on any atom is 0.244 e. The number of benzene rings is 1. The molecule has 4 nitrogen and oxygen atoms in total. The number of hydrogen-bond acceptors (Lipinski definition) is 3. The zero-order valence-corrected chi connectivity index (χ0v) is 15.0. The van der Waals surface area contributed by atoms with Crippen molar-refractivity contribution >= 4 is 26.0 Å². The number of ether oxygens (including phenoxy) is 1. The molecule has 3 atom stereocenters. The van der Waals surface area contributed by atoms with Crippen LogP contribution in [0.25, 0.3) is 0 Å². The van der Waals surface area contributed by atoms with E-state index in [1.54, 1.807) is 18.2 Å². The minimum absolute atomic E-state index is 0.00453. The average molecular weight is 376 g/mol. The van der Waals surface area contributed by atoms with Crippen molar-refractivity contribution < 1.29 is 13.2 Å². The first-order valence-corrected chi connectivity index (χ1v) is 9.47. The molecule has 1 saturated carbocycles. The summed E-state index contributed by atoms with van der Waals surface area (Å²) in [5.41, 5.74) is 0. The Labute approximate surface area is 135 Å². The van der Waals surface area contributed by atoms with Crippen molar-refractivity contribution in [1.29, 1.82) is 0 Å². The lowest BCUT2D eigenvalue weighted by Crippen LogP contribution is -2.39. The van der Waals surface area contributed by atoms with Crippen molar-refractivity contribution in [1.82, 2.24) is 4.72 Å². The summed E-state index contributed by atoms with van der Waals surface area (Å²) >= 11 is 3.31. The van der Waals surface area contributed by atoms with Gasteiger partial charge in [0.1, 0.15) is 10.6 Å². The van der Waals surface area contributed by atoms with E-state index in [9.17, 15) is 8.42 Å². The van der Waals surface area contributed by atoms with Gasteiger partial charge < -0.3 is 4.74 Å². The van der Waals surface area contributed by atoms with Gasteiger partial charge in [-0.25, -0.2) is 13.1 Å². The van der Waals surface area contributed by atoms with E-state index in [-0.39, 0.29) is 10.9 Å². The van der Waals surface area contributed by atoms with Crippen LogP contribution < -0.4 is 9.46 Å². The van der Waals surface area contributed by atoms with Crippen molar-refractivity contribution in [2.75, 3.05) is 7.11 Å². The van der Waals surface area contributed by atoms with Crippen LogP contribution in [0, 0.1) is 11.8 Å². The molecule has 3 unspecified atom stereocenters. The second kappa shape index (κ2) is 6.67. The molecule has 0 aromatic heterocycles. The summed E-state index contributed by atoms with van der Waals surface area (Å²) < 4.78 is 33.9. The van der Waals surface area contributed by atoms with Crippen molar-refractivity contribution in [3.8, 4) is 5.75 Å². The summed E-state index contributed by atoms with van der Waals surface area (Å²) in [6.07, 6.45) is 2.84. The largest absolute Gasteiger partial charge is 0.495 e. The van der Waals surface area contributed by atoms with Gasteiger partial charge in [-0.15, -0.1) is 0 Å². The van der Waals surface area contributed by atoms with Crippen LogP contribution in [-0.2, 0) is 10.0 Å². The van der Waals surface area contributed by atoms with E-state index in [0.717, 1.165) is 19.3 Å². The summed E-state index contributed by atoms with van der Waals surface area (Å²) in [7, 11) is -2.09. The highest BCUT2D eigenvalue weighted by Crippen LogP contribution is 2.32. The summed E-state index contributed by atoms with van der Waals surface area (Å²) in [6, 6.07) is 5.01. The maximum atomic E-state index is 12.6. The molecule has 0 spiro atoms. The molecule has 1 aromatic carbocycles. The molecule has 118 valence electrons. The Bertz CT molecular complexity index is 603. The van der Waals surface area contributed by atoms with Crippen molar-refractivity contribution in [2.45, 2.75) is 44.0 Å². The molecule has 0 heterocycles. The lowest BCUT2D eigenvalue weighted by atomic mass is 9.79. The maximum absolute atomic E-state index is 12.6. The van der Waals surface area contributed by atoms with Crippen LogP contribution in [-0.4, -0.2) is 21.6 Å². The minimum atomic E-state index is -3.57. The molecule has 1 aliphatic rings. The molecule has 6 heteroatoms. The zero-order chi connectivity index (χ0) is 15.6. The van der Waals surface area contributed by atoms with Crippen LogP contribution in [0.4, 0.5) is 0 Å². The molecule has 0 amide bonds. The monoisotopic (exact) mass is 375 g/mol. The average Bonchev–Trinajstić information content (AvgIpc) is 2.42. The summed E-state index contributed by atoms with van der Waals surface area (Å²) in [4.78, 5) is 0.186. The van der Waals surface area contributed by atoms with Gasteiger partial charge in [0, 0.05) is 10.5 Å². The second-order valence-electron chi connectivity index (χ2n) is 5.88. The van der Waals surface area contributed by atoms with Gasteiger partial charge >= 0.3 is 0 Å². The Kier molecular flexibility index (Phi) is 5.33. The first kappa shape index (κ1) is 16.8. The van der Waals surface area contributed by atoms with Crippen molar-refractivity contribution in [3.63, 3.8) is 0 Å². The van der Waals surface area contributed by atoms with E-state index < -0.39 is 10.0 Å². The molecule has 0 radical (unpaired) electrons. The second-order valence-corrected chi connectivity index (χ2v) is 8.48. The number of sulfonamides is 1. The van der Waals surface area contributed by atoms with Gasteiger partial charge in [0.05, 0.1) is 7.11 Å². The van der Waals surface area contributed by atoms with Gasteiger partial charge in [0.25, 0.3) is 0 Å². The fraction of sp³-hybridized carbons (Fsp3) is 0.600. The topological polar surface area (TPSA) is 55.4 Å². The molecule has 1 N–H and O–H groups in total. The third-order valence-electron chi connectivity index (χ3n) is 4.34. The molecule has 21 heavy (non-hydrogen) atoms. The van der Waals surface area contributed by atoms with Gasteiger partial charge in [-0.3, -0.25) is 0 Å². The predicted molar refractivity (Wildman–Crippen MR) is 87.0 cm³/mol. The Morgan fingerprint density at radius 1 is 1.24 bits per heavy atom. The van der Waals surface area contributed by atoms with E-state index >= 15 is 0 Å². The smallest absolute Gasteiger partial charge is 0.244 e. The van der Waals surface area contributed by atoms with E-state index in [2.05, 4.69) is 34.5 Å². The third-order valence-corrected chi connectivity index (χ3v) is 6.37. The first-order chi connectivity index (χ1) is 9.83. The third kappa shape index (κ3) is 3.99. The quantitative estimate of drug-likeness (QED) is 0.874. The van der Waals surface area contributed by atoms with Crippen molar-refractivity contribution in [3.05, 3.63) is 22.7 Å². The number of rotatable bonds is 4. The standard InChI is InChI=1S/C15H22BrNO3S/c1-10-4-6-13(8-11(10)2)17-21(18,19)15-9-12(16)5-7-14(15)20-3/h5,7,9-11,13,17H,4,6,8H2,1-3H3. The lowest BCUT2D eigenvalue weighted by molar-refractivity contribution is 0.241. The van der Waals surface area contributed by atoms with Crippen LogP contribution in [0.2, 0.25) is 0 Å². The molecule has 0 aliphatic heterocycles. The highest BCUT2D eigenvalue weighted by Gasteiger charge is 2.29. The normalized spacial score (nSPS) is 26.6. The fourth-order valence-electron chi connectivity index (χ4n) is 2.80. The number of methoxy groups -OCH3 is 1. The fourth-order valence-corrected chi connectivity index (χ4v) is 4.79. The number of hydrogen-bond donors (Lipinski definition) is 1. The van der Waals surface area contributed by atoms with Gasteiger partial charge in [-0.1, -0.05) is 29.8 Å². The number of nitrogens with one attached hydrogen (secondary N) is 1. The van der Waals surface area contributed by atoms with Crippen LogP contribution >= 0.6 is 15.9 Å². The Balaban J connectivity index is 2.21. The van der Waals surface area contributed by atoms with Gasteiger partial charge in [0.15, 0.2) is 0 Å². The van der Waals surface area contributed by atoms with E-state index in [0.29, 0.717) is 22.1 Å². The highest BCUT2D eigenvalue weighted by molar-refractivity contribution is 9.10. The highest BCUT2D eigenvalue weighted by atomic mass is 79.9. The molecule has 2 rings (SSSR count). The van der Waals surface area contributed by atoms with Crippen LogP contribution in [0.5, 0.6) is 5.75 Å². The molecule has 1 fully saturated rings. The van der Waals surface area contributed by atoms with Crippen molar-refractivity contribution in [2.24, 2.45) is 11.8 Å². The van der Waals surface area contributed by atoms with Crippen LogP contribution in [0.15, 0.2) is 27.6 Å². The van der Waals surface area contributed by atoms with E-state index in [1.165, 1.54) is 7.11 Å². The SMILES string of the molecule is COc1ccc(Br)cc1S(=O)(=O)NC1CCC(C)C(C)C1. The van der Waals surface area contributed by atoms with Gasteiger partial charge in [0.2, 0.25) is 10.0 Å². The molecule has 0 saturated heterocycles. The van der Waals surface area contributed by atoms with Gasteiger partial charge in [-0.05, 0) is 49.3 Å². The summed E-state index contributed by atoms with van der Waals surface area (Å²) in [5.74, 6) is 1.56. The summed E-state index contributed by atoms with van der Waals surface area (Å²) in [6.45, 7) is 4.41. The summed E-state index contributed by atoms with van der Waals surface area (Å²) in [5, 5.41) is 0. The lowest BCUT2D eigenvalue weighted by Gasteiger charge is -2.32. The van der Waals surface area contributed by atoms with Crippen LogP contribution in [0.3, 0.4) is 0 Å².